The average Bonchev–Trinajstić information content (AvgIpc) is 3.10. The van der Waals surface area contributed by atoms with E-state index in [4.69, 9.17) is 0 Å². The molecule has 132 valence electrons. The molecule has 0 aromatic carbocycles. The fourth-order valence-corrected chi connectivity index (χ4v) is 3.46. The van der Waals surface area contributed by atoms with Gasteiger partial charge in [-0.15, -0.1) is 0 Å². The standard InChI is InChI=1S/C20H26N4O/c1-23(14-17-5-4-10-21-13-17)15-18-9-12-24(16-18)20(25)8-7-19-6-2-3-11-22-19/h2-6,10-11,13,18H,7-9,12,14-16H2,1H3/t18-/m1/s1. The maximum atomic E-state index is 12.4. The van der Waals surface area contributed by atoms with Crippen molar-refractivity contribution in [2.24, 2.45) is 5.92 Å². The van der Waals surface area contributed by atoms with Gasteiger partial charge < -0.3 is 9.80 Å². The van der Waals surface area contributed by atoms with Crippen LogP contribution in [-0.2, 0) is 17.8 Å². The second-order valence-electron chi connectivity index (χ2n) is 6.87. The number of carbonyl (C=O) groups excluding carboxylic acids is 1. The summed E-state index contributed by atoms with van der Waals surface area (Å²) in [6, 6.07) is 9.93. The number of hydrogen-bond donors (Lipinski definition) is 0. The fourth-order valence-electron chi connectivity index (χ4n) is 3.46. The van der Waals surface area contributed by atoms with Gasteiger partial charge in [-0.2, -0.15) is 0 Å². The topological polar surface area (TPSA) is 49.3 Å². The van der Waals surface area contributed by atoms with Crippen molar-refractivity contribution >= 4 is 5.91 Å². The minimum Gasteiger partial charge on any atom is -0.342 e. The highest BCUT2D eigenvalue weighted by atomic mass is 16.2. The van der Waals surface area contributed by atoms with E-state index in [9.17, 15) is 4.79 Å². The normalized spacial score (nSPS) is 17.2. The quantitative estimate of drug-likeness (QED) is 0.778. The molecule has 1 amide bonds. The van der Waals surface area contributed by atoms with Crippen molar-refractivity contribution in [3.63, 3.8) is 0 Å². The third kappa shape index (κ3) is 5.36. The Morgan fingerprint density at radius 2 is 2.20 bits per heavy atom. The summed E-state index contributed by atoms with van der Waals surface area (Å²) < 4.78 is 0. The van der Waals surface area contributed by atoms with Crippen LogP contribution in [0.5, 0.6) is 0 Å². The molecule has 0 radical (unpaired) electrons. The van der Waals surface area contributed by atoms with Crippen molar-refractivity contribution in [2.45, 2.75) is 25.8 Å². The van der Waals surface area contributed by atoms with Gasteiger partial charge in [0.15, 0.2) is 0 Å². The lowest BCUT2D eigenvalue weighted by Gasteiger charge is -2.21. The molecule has 0 aliphatic carbocycles. The molecule has 2 aromatic heterocycles. The predicted octanol–water partition coefficient (Wildman–Crippen LogP) is 2.39. The summed E-state index contributed by atoms with van der Waals surface area (Å²) in [6.45, 7) is 3.67. The molecule has 1 aliphatic rings. The summed E-state index contributed by atoms with van der Waals surface area (Å²) in [5.41, 5.74) is 2.22. The molecule has 0 spiro atoms. The van der Waals surface area contributed by atoms with Gasteiger partial charge in [0, 0.05) is 56.9 Å². The second-order valence-corrected chi connectivity index (χ2v) is 6.87. The van der Waals surface area contributed by atoms with Crippen molar-refractivity contribution in [3.8, 4) is 0 Å². The number of rotatable bonds is 7. The highest BCUT2D eigenvalue weighted by Crippen LogP contribution is 2.19. The van der Waals surface area contributed by atoms with E-state index < -0.39 is 0 Å². The van der Waals surface area contributed by atoms with Gasteiger partial charge in [-0.25, -0.2) is 0 Å². The maximum absolute atomic E-state index is 12.4. The summed E-state index contributed by atoms with van der Waals surface area (Å²) >= 11 is 0. The number of aryl methyl sites for hydroxylation is 1. The Balaban J connectivity index is 1.41. The first kappa shape index (κ1) is 17.5. The molecule has 1 atom stereocenters. The van der Waals surface area contributed by atoms with Crippen LogP contribution in [0.2, 0.25) is 0 Å². The summed E-state index contributed by atoms with van der Waals surface area (Å²) in [5.74, 6) is 0.809. The molecule has 25 heavy (non-hydrogen) atoms. The van der Waals surface area contributed by atoms with Crippen molar-refractivity contribution < 1.29 is 4.79 Å². The minimum atomic E-state index is 0.253. The van der Waals surface area contributed by atoms with Crippen LogP contribution < -0.4 is 0 Å². The zero-order chi connectivity index (χ0) is 17.5. The number of nitrogens with zero attached hydrogens (tertiary/aromatic N) is 4. The van der Waals surface area contributed by atoms with Gasteiger partial charge in [-0.1, -0.05) is 12.1 Å². The lowest BCUT2D eigenvalue weighted by molar-refractivity contribution is -0.130. The van der Waals surface area contributed by atoms with Gasteiger partial charge in [0.05, 0.1) is 0 Å². The van der Waals surface area contributed by atoms with E-state index in [1.54, 1.807) is 12.4 Å². The van der Waals surface area contributed by atoms with Crippen LogP contribution in [-0.4, -0.2) is 52.4 Å². The van der Waals surface area contributed by atoms with Gasteiger partial charge >= 0.3 is 0 Å². The zero-order valence-corrected chi connectivity index (χ0v) is 14.8. The Labute approximate surface area is 149 Å². The van der Waals surface area contributed by atoms with Crippen LogP contribution in [0, 0.1) is 5.92 Å². The monoisotopic (exact) mass is 338 g/mol. The van der Waals surface area contributed by atoms with E-state index >= 15 is 0 Å². The lowest BCUT2D eigenvalue weighted by Crippen LogP contribution is -2.31. The lowest BCUT2D eigenvalue weighted by atomic mass is 10.1. The SMILES string of the molecule is CN(Cc1cccnc1)C[C@H]1CCN(C(=O)CCc2ccccn2)C1. The Morgan fingerprint density at radius 3 is 2.96 bits per heavy atom. The third-order valence-corrected chi connectivity index (χ3v) is 4.70. The molecule has 5 heteroatoms. The molecule has 5 nitrogen and oxygen atoms in total. The smallest absolute Gasteiger partial charge is 0.222 e. The number of hydrogen-bond acceptors (Lipinski definition) is 4. The Kier molecular flexibility index (Phi) is 6.12. The Hall–Kier alpha value is -2.27. The van der Waals surface area contributed by atoms with Gasteiger partial charge in [0.2, 0.25) is 5.91 Å². The van der Waals surface area contributed by atoms with E-state index in [-0.39, 0.29) is 5.91 Å². The van der Waals surface area contributed by atoms with E-state index in [1.165, 1.54) is 5.56 Å². The van der Waals surface area contributed by atoms with Crippen molar-refractivity contribution in [1.82, 2.24) is 19.8 Å². The first-order valence-corrected chi connectivity index (χ1v) is 8.96. The molecule has 1 aliphatic heterocycles. The summed E-state index contributed by atoms with van der Waals surface area (Å²) in [6.07, 6.45) is 7.86. The van der Waals surface area contributed by atoms with Crippen LogP contribution in [0.15, 0.2) is 48.9 Å². The molecule has 1 fully saturated rings. The number of pyridine rings is 2. The summed E-state index contributed by atoms with van der Waals surface area (Å²) in [7, 11) is 2.14. The molecule has 3 heterocycles. The minimum absolute atomic E-state index is 0.253. The molecule has 0 bridgehead atoms. The fraction of sp³-hybridized carbons (Fsp3) is 0.450. The van der Waals surface area contributed by atoms with E-state index in [2.05, 4.69) is 28.0 Å². The highest BCUT2D eigenvalue weighted by molar-refractivity contribution is 5.76. The predicted molar refractivity (Wildman–Crippen MR) is 97.8 cm³/mol. The number of likely N-dealkylation sites (tertiary alicyclic amines) is 1. The van der Waals surface area contributed by atoms with Crippen LogP contribution in [0.4, 0.5) is 0 Å². The highest BCUT2D eigenvalue weighted by Gasteiger charge is 2.26. The van der Waals surface area contributed by atoms with Crippen LogP contribution in [0.1, 0.15) is 24.1 Å². The third-order valence-electron chi connectivity index (χ3n) is 4.70. The maximum Gasteiger partial charge on any atom is 0.222 e. The van der Waals surface area contributed by atoms with E-state index in [1.807, 2.05) is 35.4 Å². The molecular formula is C20H26N4O. The Bertz CT molecular complexity index is 662. The van der Waals surface area contributed by atoms with E-state index in [0.29, 0.717) is 12.3 Å². The van der Waals surface area contributed by atoms with Gasteiger partial charge in [0.25, 0.3) is 0 Å². The number of carbonyl (C=O) groups is 1. The molecule has 0 unspecified atom stereocenters. The van der Waals surface area contributed by atoms with Crippen molar-refractivity contribution in [3.05, 3.63) is 60.2 Å². The molecule has 0 saturated carbocycles. The van der Waals surface area contributed by atoms with Crippen LogP contribution >= 0.6 is 0 Å². The molecule has 2 aromatic rings. The largest absolute Gasteiger partial charge is 0.342 e. The van der Waals surface area contributed by atoms with Crippen molar-refractivity contribution in [1.29, 1.82) is 0 Å². The van der Waals surface area contributed by atoms with E-state index in [0.717, 1.165) is 44.7 Å². The second kappa shape index (κ2) is 8.72. The first-order chi connectivity index (χ1) is 12.2. The van der Waals surface area contributed by atoms with Gasteiger partial charge in [-0.3, -0.25) is 14.8 Å². The van der Waals surface area contributed by atoms with Crippen LogP contribution in [0.3, 0.4) is 0 Å². The van der Waals surface area contributed by atoms with Crippen molar-refractivity contribution in [2.75, 3.05) is 26.7 Å². The molecule has 3 rings (SSSR count). The average molecular weight is 338 g/mol. The first-order valence-electron chi connectivity index (χ1n) is 8.96. The van der Waals surface area contributed by atoms with Gasteiger partial charge in [-0.05, 0) is 49.6 Å². The Morgan fingerprint density at radius 1 is 1.28 bits per heavy atom. The summed E-state index contributed by atoms with van der Waals surface area (Å²) in [4.78, 5) is 25.2. The number of amides is 1. The molecule has 1 saturated heterocycles. The molecule has 0 N–H and O–H groups in total. The zero-order valence-electron chi connectivity index (χ0n) is 14.8. The molecular weight excluding hydrogens is 312 g/mol. The van der Waals surface area contributed by atoms with Crippen LogP contribution in [0.25, 0.3) is 0 Å². The number of aromatic nitrogens is 2. The summed E-state index contributed by atoms with van der Waals surface area (Å²) in [5, 5.41) is 0. The van der Waals surface area contributed by atoms with Gasteiger partial charge in [0.1, 0.15) is 0 Å².